The van der Waals surface area contributed by atoms with E-state index < -0.39 is 5.97 Å². The van der Waals surface area contributed by atoms with Crippen molar-refractivity contribution in [3.63, 3.8) is 0 Å². The lowest BCUT2D eigenvalue weighted by Gasteiger charge is -1.98. The van der Waals surface area contributed by atoms with Gasteiger partial charge in [0.15, 0.2) is 0 Å². The van der Waals surface area contributed by atoms with Gasteiger partial charge >= 0.3 is 0 Å². The summed E-state index contributed by atoms with van der Waals surface area (Å²) < 4.78 is 2.21. The summed E-state index contributed by atoms with van der Waals surface area (Å²) in [6.45, 7) is 4.39. The number of carboxylic acids is 1. The lowest BCUT2D eigenvalue weighted by Crippen LogP contribution is -2.30. The van der Waals surface area contributed by atoms with Crippen molar-refractivity contribution in [2.45, 2.75) is 58.9 Å². The number of rotatable bonds is 7. The van der Waals surface area contributed by atoms with Gasteiger partial charge < -0.3 is 9.90 Å². The molecule has 4 nitrogen and oxygen atoms in total. The highest BCUT2D eigenvalue weighted by molar-refractivity contribution is 5.60. The topological polar surface area (TPSA) is 59.8 Å². The molecule has 0 fully saturated rings. The molecule has 98 valence electrons. The molecule has 0 atom stereocenters. The molecule has 0 aliphatic heterocycles. The Hall–Kier alpha value is -1.32. The molecular weight excluding hydrogens is 216 g/mol. The molecule has 0 saturated carbocycles. The molecule has 1 heterocycles. The van der Waals surface area contributed by atoms with Crippen molar-refractivity contribution >= 4 is 5.97 Å². The van der Waals surface area contributed by atoms with E-state index in [9.17, 15) is 0 Å². The van der Waals surface area contributed by atoms with Crippen LogP contribution in [0.3, 0.4) is 0 Å². The van der Waals surface area contributed by atoms with Gasteiger partial charge in [0, 0.05) is 5.97 Å². The van der Waals surface area contributed by atoms with Crippen LogP contribution >= 0.6 is 0 Å². The van der Waals surface area contributed by atoms with Gasteiger partial charge in [-0.05, 0) is 19.8 Å². The molecule has 1 aromatic rings. The van der Waals surface area contributed by atoms with Crippen molar-refractivity contribution in [3.05, 3.63) is 18.7 Å². The number of nitrogens with one attached hydrogen (secondary N) is 1. The molecule has 0 spiro atoms. The van der Waals surface area contributed by atoms with Crippen LogP contribution in [0.1, 0.15) is 52.4 Å². The van der Waals surface area contributed by atoms with Gasteiger partial charge in [-0.15, -0.1) is 0 Å². The molecule has 0 amide bonds. The fraction of sp³-hybridized carbons (Fsp3) is 0.692. The Bertz CT molecular complexity index is 267. The first-order valence-electron chi connectivity index (χ1n) is 6.36. The van der Waals surface area contributed by atoms with Crippen LogP contribution in [-0.4, -0.2) is 11.0 Å². The first-order chi connectivity index (χ1) is 8.16. The molecule has 17 heavy (non-hydrogen) atoms. The lowest BCUT2D eigenvalue weighted by atomic mass is 10.1. The minimum absolute atomic E-state index is 0.972. The maximum Gasteiger partial charge on any atom is 0.241 e. The maximum absolute atomic E-state index is 8.89. The number of nitrogens with zero attached hydrogens (tertiary/aromatic N) is 1. The number of hydrogen-bond donors (Lipinski definition) is 1. The van der Waals surface area contributed by atoms with E-state index in [4.69, 9.17) is 9.90 Å². The van der Waals surface area contributed by atoms with Gasteiger partial charge in [0.05, 0.1) is 6.54 Å². The van der Waals surface area contributed by atoms with Gasteiger partial charge in [-0.3, -0.25) is 4.98 Å². The largest absolute Gasteiger partial charge is 0.550 e. The molecule has 1 aromatic heterocycles. The van der Waals surface area contributed by atoms with Gasteiger partial charge in [-0.1, -0.05) is 32.6 Å². The second-order valence-electron chi connectivity index (χ2n) is 4.11. The van der Waals surface area contributed by atoms with Gasteiger partial charge in [-0.2, -0.15) is 0 Å². The second-order valence-corrected chi connectivity index (χ2v) is 4.11. The number of hydrogen-bond acceptors (Lipinski definition) is 2. The monoisotopic (exact) mass is 240 g/mol. The average molecular weight is 240 g/mol. The molecule has 0 radical (unpaired) electrons. The molecule has 0 aliphatic carbocycles. The van der Waals surface area contributed by atoms with Gasteiger partial charge in [0.1, 0.15) is 12.4 Å². The first-order valence-corrected chi connectivity index (χ1v) is 6.36. The predicted octanol–water partition coefficient (Wildman–Crippen LogP) is 1.42. The molecule has 0 unspecified atom stereocenters. The van der Waals surface area contributed by atoms with Gasteiger partial charge in [-0.25, -0.2) is 4.57 Å². The Morgan fingerprint density at radius 2 is 1.82 bits per heavy atom. The zero-order chi connectivity index (χ0) is 12.9. The third kappa shape index (κ3) is 12.6. The minimum Gasteiger partial charge on any atom is -0.550 e. The van der Waals surface area contributed by atoms with E-state index in [2.05, 4.69) is 22.7 Å². The van der Waals surface area contributed by atoms with Crippen molar-refractivity contribution < 1.29 is 14.5 Å². The number of carbonyl (C=O) groups is 1. The highest BCUT2D eigenvalue weighted by atomic mass is 16.4. The number of aliphatic carboxylic acids is 1. The third-order valence-corrected chi connectivity index (χ3v) is 2.37. The molecule has 0 saturated heterocycles. The van der Waals surface area contributed by atoms with Crippen LogP contribution in [0.5, 0.6) is 0 Å². The van der Waals surface area contributed by atoms with Crippen molar-refractivity contribution in [1.82, 2.24) is 4.98 Å². The van der Waals surface area contributed by atoms with Gasteiger partial charge in [0.25, 0.3) is 0 Å². The summed E-state index contributed by atoms with van der Waals surface area (Å²) in [5, 5.41) is 8.89. The van der Waals surface area contributed by atoms with Crippen molar-refractivity contribution in [2.75, 3.05) is 0 Å². The molecule has 1 N–H and O–H groups in total. The number of aromatic amines is 1. The summed E-state index contributed by atoms with van der Waals surface area (Å²) >= 11 is 0. The molecule has 4 heteroatoms. The summed E-state index contributed by atoms with van der Waals surface area (Å²) in [5.41, 5.74) is 0. The number of H-pyrrole nitrogens is 1. The standard InChI is InChI=1S/C11H20N2.C2H4O2/c1-2-3-4-5-6-7-9-13-10-8-12-11-13;1-2(3)4/h8,10-11H,2-7,9H2,1H3;1H3,(H,3,4). The van der Waals surface area contributed by atoms with Crippen LogP contribution in [0, 0.1) is 0 Å². The number of aryl methyl sites for hydroxylation is 1. The molecule has 0 aromatic carbocycles. The summed E-state index contributed by atoms with van der Waals surface area (Å²) in [6, 6.07) is 0. The van der Waals surface area contributed by atoms with E-state index >= 15 is 0 Å². The maximum atomic E-state index is 8.89. The molecule has 1 rings (SSSR count). The summed E-state index contributed by atoms with van der Waals surface area (Å²) in [4.78, 5) is 11.9. The summed E-state index contributed by atoms with van der Waals surface area (Å²) in [5.74, 6) is -1.08. The van der Waals surface area contributed by atoms with Crippen molar-refractivity contribution in [1.29, 1.82) is 0 Å². The average Bonchev–Trinajstić information content (AvgIpc) is 2.75. The Morgan fingerprint density at radius 3 is 2.35 bits per heavy atom. The summed E-state index contributed by atoms with van der Waals surface area (Å²) in [6.07, 6.45) is 14.3. The summed E-state index contributed by atoms with van der Waals surface area (Å²) in [7, 11) is 0. The van der Waals surface area contributed by atoms with Crippen LogP contribution in [-0.2, 0) is 11.3 Å². The van der Waals surface area contributed by atoms with Crippen LogP contribution in [0.4, 0.5) is 0 Å². The predicted molar refractivity (Wildman–Crippen MR) is 65.0 cm³/mol. The quantitative estimate of drug-likeness (QED) is 0.579. The number of carboxylic acid groups (broad SMARTS) is 1. The Kier molecular flexibility index (Phi) is 10.3. The third-order valence-electron chi connectivity index (χ3n) is 2.37. The van der Waals surface area contributed by atoms with Crippen LogP contribution in [0.25, 0.3) is 0 Å². The smallest absolute Gasteiger partial charge is 0.241 e. The van der Waals surface area contributed by atoms with E-state index in [0.29, 0.717) is 0 Å². The van der Waals surface area contributed by atoms with Gasteiger partial charge in [0.2, 0.25) is 6.33 Å². The van der Waals surface area contributed by atoms with Crippen molar-refractivity contribution in [3.8, 4) is 0 Å². The second kappa shape index (κ2) is 11.2. The van der Waals surface area contributed by atoms with Crippen molar-refractivity contribution in [2.24, 2.45) is 0 Å². The van der Waals surface area contributed by atoms with E-state index in [-0.39, 0.29) is 0 Å². The SMILES string of the molecule is CC(=O)[O-].CCCCCCCC[n+]1cc[nH]c1. The fourth-order valence-electron chi connectivity index (χ4n) is 1.53. The Labute approximate surface area is 104 Å². The first kappa shape index (κ1) is 15.7. The highest BCUT2D eigenvalue weighted by Crippen LogP contribution is 2.04. The number of aromatic nitrogens is 2. The number of unbranched alkanes of at least 4 members (excludes halogenated alkanes) is 5. The lowest BCUT2D eigenvalue weighted by molar-refractivity contribution is -0.696. The van der Waals surface area contributed by atoms with E-state index in [1.165, 1.54) is 38.5 Å². The molecule has 0 bridgehead atoms. The zero-order valence-corrected chi connectivity index (χ0v) is 10.9. The molecule has 0 aliphatic rings. The van der Waals surface area contributed by atoms with Crippen LogP contribution in [0.2, 0.25) is 0 Å². The fourth-order valence-corrected chi connectivity index (χ4v) is 1.53. The number of imidazole rings is 1. The highest BCUT2D eigenvalue weighted by Gasteiger charge is 1.95. The normalized spacial score (nSPS) is 9.53. The Morgan fingerprint density at radius 1 is 1.24 bits per heavy atom. The van der Waals surface area contributed by atoms with E-state index in [1.54, 1.807) is 0 Å². The van der Waals surface area contributed by atoms with E-state index in [0.717, 1.165) is 13.5 Å². The zero-order valence-electron chi connectivity index (χ0n) is 10.9. The molecular formula is C13H24N2O2. The van der Waals surface area contributed by atoms with E-state index in [1.807, 2.05) is 12.5 Å². The van der Waals surface area contributed by atoms with Crippen LogP contribution in [0.15, 0.2) is 18.7 Å². The van der Waals surface area contributed by atoms with Crippen LogP contribution < -0.4 is 9.67 Å². The minimum atomic E-state index is -1.08. The number of carbonyl (C=O) groups excluding carboxylic acids is 1. The Balaban J connectivity index is 0.000000557.